The minimum atomic E-state index is -0.484. The van der Waals surface area contributed by atoms with Gasteiger partial charge in [0.1, 0.15) is 0 Å². The number of benzene rings is 1. The van der Waals surface area contributed by atoms with Crippen molar-refractivity contribution < 1.29 is 19.1 Å². The first-order valence-electron chi connectivity index (χ1n) is 8.09. The number of esters is 1. The quantitative estimate of drug-likeness (QED) is 0.668. The molecule has 126 valence electrons. The lowest BCUT2D eigenvalue weighted by atomic mass is 9.97. The van der Waals surface area contributed by atoms with Gasteiger partial charge < -0.3 is 14.8 Å². The molecule has 0 radical (unpaired) electrons. The number of nitrogens with one attached hydrogen (secondary N) is 1. The van der Waals surface area contributed by atoms with E-state index in [1.165, 1.54) is 5.56 Å². The molecule has 1 aromatic carbocycles. The minimum absolute atomic E-state index is 0.110. The van der Waals surface area contributed by atoms with E-state index in [9.17, 15) is 9.59 Å². The zero-order valence-electron chi connectivity index (χ0n) is 14.1. The molecule has 1 fully saturated rings. The summed E-state index contributed by atoms with van der Waals surface area (Å²) in [6.07, 6.45) is 2.44. The van der Waals surface area contributed by atoms with E-state index >= 15 is 0 Å². The maximum Gasteiger partial charge on any atom is 0.336 e. The van der Waals surface area contributed by atoms with E-state index < -0.39 is 12.1 Å². The zero-order valence-corrected chi connectivity index (χ0v) is 14.1. The van der Waals surface area contributed by atoms with Gasteiger partial charge >= 0.3 is 5.97 Å². The number of rotatable bonds is 5. The van der Waals surface area contributed by atoms with Crippen molar-refractivity contribution in [1.82, 2.24) is 5.32 Å². The Bertz CT molecular complexity index is 553. The fraction of sp³-hybridized carbons (Fsp3) is 0.556. The van der Waals surface area contributed by atoms with Crippen molar-refractivity contribution in [2.24, 2.45) is 0 Å². The predicted octanol–water partition coefficient (Wildman–Crippen LogP) is 2.34. The fourth-order valence-electron chi connectivity index (χ4n) is 2.92. The molecule has 1 amide bonds. The standard InChI is InChI=1S/C18H25NO4/c1-12-8-13(2)15(14(3)9-12)10-17(20)19-11-23-18(21)16-6-4-5-7-22-16/h8-9,16H,4-7,10-11H2,1-3H3,(H,19,20). The second-order valence-corrected chi connectivity index (χ2v) is 6.12. The maximum atomic E-state index is 12.0. The molecule has 0 bridgehead atoms. The van der Waals surface area contributed by atoms with Gasteiger partial charge in [-0.1, -0.05) is 17.7 Å². The van der Waals surface area contributed by atoms with E-state index in [1.807, 2.05) is 20.8 Å². The van der Waals surface area contributed by atoms with Crippen LogP contribution in [0.4, 0.5) is 0 Å². The van der Waals surface area contributed by atoms with Crippen LogP contribution in [0.5, 0.6) is 0 Å². The summed E-state index contributed by atoms with van der Waals surface area (Å²) in [6.45, 7) is 6.53. The molecule has 1 heterocycles. The van der Waals surface area contributed by atoms with Crippen LogP contribution in [0.15, 0.2) is 12.1 Å². The zero-order chi connectivity index (χ0) is 16.8. The van der Waals surface area contributed by atoms with Gasteiger partial charge in [-0.2, -0.15) is 0 Å². The van der Waals surface area contributed by atoms with Crippen LogP contribution in [0, 0.1) is 20.8 Å². The van der Waals surface area contributed by atoms with Gasteiger partial charge in [0.25, 0.3) is 0 Å². The Morgan fingerprint density at radius 2 is 1.91 bits per heavy atom. The minimum Gasteiger partial charge on any atom is -0.442 e. The predicted molar refractivity (Wildman–Crippen MR) is 87.0 cm³/mol. The molecule has 5 heteroatoms. The maximum absolute atomic E-state index is 12.0. The SMILES string of the molecule is Cc1cc(C)c(CC(=O)NCOC(=O)C2CCCCO2)c(C)c1. The molecular weight excluding hydrogens is 294 g/mol. The first-order chi connectivity index (χ1) is 11.0. The van der Waals surface area contributed by atoms with Crippen LogP contribution in [0.2, 0.25) is 0 Å². The summed E-state index contributed by atoms with van der Waals surface area (Å²) < 4.78 is 10.4. The number of amides is 1. The number of aryl methyl sites for hydroxylation is 3. The van der Waals surface area contributed by atoms with Crippen LogP contribution in [0.1, 0.15) is 41.5 Å². The normalized spacial score (nSPS) is 17.6. The summed E-state index contributed by atoms with van der Waals surface area (Å²) in [4.78, 5) is 23.8. The van der Waals surface area contributed by atoms with E-state index in [4.69, 9.17) is 9.47 Å². The molecule has 0 aliphatic carbocycles. The summed E-state index contributed by atoms with van der Waals surface area (Å²) in [5.74, 6) is -0.551. The highest BCUT2D eigenvalue weighted by molar-refractivity contribution is 5.80. The lowest BCUT2D eigenvalue weighted by Gasteiger charge is -2.20. The molecule has 1 unspecified atom stereocenters. The molecule has 1 N–H and O–H groups in total. The highest BCUT2D eigenvalue weighted by Crippen LogP contribution is 2.17. The molecule has 2 rings (SSSR count). The molecule has 1 aromatic rings. The second kappa shape index (κ2) is 8.11. The summed E-state index contributed by atoms with van der Waals surface area (Å²) >= 11 is 0. The van der Waals surface area contributed by atoms with E-state index in [0.717, 1.165) is 29.5 Å². The lowest BCUT2D eigenvalue weighted by molar-refractivity contribution is -0.161. The van der Waals surface area contributed by atoms with Gasteiger partial charge in [-0.15, -0.1) is 0 Å². The van der Waals surface area contributed by atoms with Crippen molar-refractivity contribution in [3.8, 4) is 0 Å². The van der Waals surface area contributed by atoms with Crippen LogP contribution < -0.4 is 5.32 Å². The Kier molecular flexibility index (Phi) is 6.16. The van der Waals surface area contributed by atoms with Gasteiger partial charge in [-0.05, 0) is 56.7 Å². The number of hydrogen-bond donors (Lipinski definition) is 1. The van der Waals surface area contributed by atoms with Crippen LogP contribution in [0.3, 0.4) is 0 Å². The largest absolute Gasteiger partial charge is 0.442 e. The van der Waals surface area contributed by atoms with E-state index in [0.29, 0.717) is 13.0 Å². The summed E-state index contributed by atoms with van der Waals surface area (Å²) in [7, 11) is 0. The Morgan fingerprint density at radius 3 is 2.52 bits per heavy atom. The molecular formula is C18H25NO4. The number of carbonyl (C=O) groups excluding carboxylic acids is 2. The average Bonchev–Trinajstić information content (AvgIpc) is 2.51. The van der Waals surface area contributed by atoms with E-state index in [2.05, 4.69) is 17.4 Å². The van der Waals surface area contributed by atoms with Gasteiger partial charge in [0.05, 0.1) is 6.42 Å². The summed E-state index contributed by atoms with van der Waals surface area (Å²) in [5.41, 5.74) is 4.41. The van der Waals surface area contributed by atoms with Crippen molar-refractivity contribution >= 4 is 11.9 Å². The topological polar surface area (TPSA) is 64.6 Å². The van der Waals surface area contributed by atoms with Gasteiger partial charge in [-0.3, -0.25) is 4.79 Å². The van der Waals surface area contributed by atoms with E-state index in [-0.39, 0.29) is 19.1 Å². The van der Waals surface area contributed by atoms with Crippen molar-refractivity contribution in [3.63, 3.8) is 0 Å². The van der Waals surface area contributed by atoms with Crippen molar-refractivity contribution in [2.45, 2.75) is 52.6 Å². The lowest BCUT2D eigenvalue weighted by Crippen LogP contribution is -2.35. The second-order valence-electron chi connectivity index (χ2n) is 6.12. The number of ether oxygens (including phenoxy) is 2. The molecule has 1 atom stereocenters. The average molecular weight is 319 g/mol. The Labute approximate surface area is 137 Å². The third-order valence-corrected chi connectivity index (χ3v) is 4.10. The smallest absolute Gasteiger partial charge is 0.336 e. The van der Waals surface area contributed by atoms with Crippen LogP contribution >= 0.6 is 0 Å². The highest BCUT2D eigenvalue weighted by atomic mass is 16.6. The van der Waals surface area contributed by atoms with Gasteiger partial charge in [0, 0.05) is 6.61 Å². The van der Waals surface area contributed by atoms with Crippen LogP contribution in [-0.2, 0) is 25.5 Å². The fourth-order valence-corrected chi connectivity index (χ4v) is 2.92. The van der Waals surface area contributed by atoms with Crippen molar-refractivity contribution in [2.75, 3.05) is 13.3 Å². The molecule has 5 nitrogen and oxygen atoms in total. The van der Waals surface area contributed by atoms with Gasteiger partial charge in [-0.25, -0.2) is 4.79 Å². The monoisotopic (exact) mass is 319 g/mol. The number of hydrogen-bond acceptors (Lipinski definition) is 4. The third kappa shape index (κ3) is 5.06. The summed E-state index contributed by atoms with van der Waals surface area (Å²) in [6, 6.07) is 4.13. The number of carbonyl (C=O) groups is 2. The molecule has 0 aromatic heterocycles. The molecule has 1 aliphatic heterocycles. The molecule has 1 aliphatic rings. The Morgan fingerprint density at radius 1 is 1.22 bits per heavy atom. The van der Waals surface area contributed by atoms with Crippen molar-refractivity contribution in [3.05, 3.63) is 34.4 Å². The van der Waals surface area contributed by atoms with Gasteiger partial charge in [0.15, 0.2) is 12.8 Å². The van der Waals surface area contributed by atoms with Crippen molar-refractivity contribution in [1.29, 1.82) is 0 Å². The molecule has 0 saturated carbocycles. The third-order valence-electron chi connectivity index (χ3n) is 4.10. The first-order valence-corrected chi connectivity index (χ1v) is 8.09. The van der Waals surface area contributed by atoms with E-state index in [1.54, 1.807) is 0 Å². The van der Waals surface area contributed by atoms with Crippen LogP contribution in [-0.4, -0.2) is 31.3 Å². The Hall–Kier alpha value is -1.88. The highest BCUT2D eigenvalue weighted by Gasteiger charge is 2.23. The summed E-state index contributed by atoms with van der Waals surface area (Å²) in [5, 5.41) is 2.63. The van der Waals surface area contributed by atoms with Crippen LogP contribution in [0.25, 0.3) is 0 Å². The molecule has 0 spiro atoms. The first kappa shape index (κ1) is 17.5. The van der Waals surface area contributed by atoms with Gasteiger partial charge in [0.2, 0.25) is 5.91 Å². The molecule has 1 saturated heterocycles. The Balaban J connectivity index is 1.78. The molecule has 23 heavy (non-hydrogen) atoms.